The maximum atomic E-state index is 13.4. The summed E-state index contributed by atoms with van der Waals surface area (Å²) in [5.74, 6) is 0.556. The van der Waals surface area contributed by atoms with Crippen molar-refractivity contribution in [3.63, 3.8) is 0 Å². The number of hydrogen-bond acceptors (Lipinski definition) is 2. The van der Waals surface area contributed by atoms with E-state index < -0.39 is 23.0 Å². The van der Waals surface area contributed by atoms with Gasteiger partial charge in [-0.3, -0.25) is 4.79 Å². The van der Waals surface area contributed by atoms with E-state index >= 15 is 0 Å². The van der Waals surface area contributed by atoms with Crippen LogP contribution in [0.1, 0.15) is 38.2 Å². The van der Waals surface area contributed by atoms with Crippen LogP contribution >= 0.6 is 0 Å². The second-order valence-corrected chi connectivity index (χ2v) is 6.73. The maximum absolute atomic E-state index is 13.4. The lowest BCUT2D eigenvalue weighted by atomic mass is 9.89. The first kappa shape index (κ1) is 18.9. The average molecular weight is 373 g/mol. The van der Waals surface area contributed by atoms with Crippen LogP contribution in [0.4, 0.5) is 18.9 Å². The highest BCUT2D eigenvalue weighted by atomic mass is 19.4. The standard InChI is InChI=1S/C20H18F3N3O/c1-13-8-10-15(11-9-13)25-26-17(14-6-4-3-5-7-14)12-16(20(21,22)23)18(24-2)19(26)27/h3-7,12-13H,8-11H2,1H3. The number of alkyl halides is 3. The van der Waals surface area contributed by atoms with Crippen molar-refractivity contribution in [2.75, 3.05) is 0 Å². The van der Waals surface area contributed by atoms with E-state index in [2.05, 4.69) is 16.9 Å². The van der Waals surface area contributed by atoms with Crippen molar-refractivity contribution >= 4 is 11.4 Å². The molecule has 1 aliphatic rings. The number of aromatic nitrogens is 1. The van der Waals surface area contributed by atoms with Gasteiger partial charge in [-0.25, -0.2) is 9.52 Å². The minimum atomic E-state index is -4.80. The van der Waals surface area contributed by atoms with Gasteiger partial charge in [-0.05, 0) is 37.7 Å². The Labute approximate surface area is 154 Å². The fourth-order valence-corrected chi connectivity index (χ4v) is 3.17. The summed E-state index contributed by atoms with van der Waals surface area (Å²) in [6.07, 6.45) is -1.57. The van der Waals surface area contributed by atoms with E-state index in [1.165, 1.54) is 0 Å². The summed E-state index contributed by atoms with van der Waals surface area (Å²) in [5.41, 5.74) is -1.98. The van der Waals surface area contributed by atoms with Crippen LogP contribution < -0.4 is 5.56 Å². The van der Waals surface area contributed by atoms with Crippen LogP contribution in [-0.4, -0.2) is 10.4 Å². The van der Waals surface area contributed by atoms with Gasteiger partial charge in [0.05, 0.1) is 17.8 Å². The first-order chi connectivity index (χ1) is 12.8. The van der Waals surface area contributed by atoms with Gasteiger partial charge in [-0.1, -0.05) is 37.3 Å². The Balaban J connectivity index is 2.26. The molecule has 1 aromatic carbocycles. The predicted octanol–water partition coefficient (Wildman–Crippen LogP) is 5.50. The summed E-state index contributed by atoms with van der Waals surface area (Å²) >= 11 is 0. The average Bonchev–Trinajstić information content (AvgIpc) is 2.64. The Morgan fingerprint density at radius 3 is 2.37 bits per heavy atom. The SMILES string of the molecule is [C-]#[N+]c1c(C(F)(F)F)cc(-c2ccccc2)n(N=C2CCC(C)CC2)c1=O. The second-order valence-electron chi connectivity index (χ2n) is 6.73. The van der Waals surface area contributed by atoms with Crippen LogP contribution in [0.5, 0.6) is 0 Å². The molecule has 0 unspecified atom stereocenters. The van der Waals surface area contributed by atoms with Crippen molar-refractivity contribution in [2.24, 2.45) is 11.0 Å². The van der Waals surface area contributed by atoms with Crippen LogP contribution in [0.3, 0.4) is 0 Å². The number of nitrogens with zero attached hydrogens (tertiary/aromatic N) is 3. The van der Waals surface area contributed by atoms with Gasteiger partial charge >= 0.3 is 6.18 Å². The molecule has 0 N–H and O–H groups in total. The predicted molar refractivity (Wildman–Crippen MR) is 97.9 cm³/mol. The van der Waals surface area contributed by atoms with Crippen LogP contribution in [0.2, 0.25) is 0 Å². The molecule has 27 heavy (non-hydrogen) atoms. The molecule has 0 radical (unpaired) electrons. The second kappa shape index (κ2) is 7.39. The molecule has 1 aromatic heterocycles. The van der Waals surface area contributed by atoms with Gasteiger partial charge in [-0.2, -0.15) is 18.3 Å². The monoisotopic (exact) mass is 373 g/mol. The van der Waals surface area contributed by atoms with E-state index in [0.717, 1.165) is 29.3 Å². The van der Waals surface area contributed by atoms with Crippen molar-refractivity contribution in [1.29, 1.82) is 0 Å². The molecule has 3 rings (SSSR count). The molecule has 0 bridgehead atoms. The van der Waals surface area contributed by atoms with Crippen molar-refractivity contribution in [1.82, 2.24) is 4.68 Å². The summed E-state index contributed by atoms with van der Waals surface area (Å²) < 4.78 is 41.2. The van der Waals surface area contributed by atoms with Crippen molar-refractivity contribution in [2.45, 2.75) is 38.8 Å². The largest absolute Gasteiger partial charge is 0.407 e. The molecular weight excluding hydrogens is 355 g/mol. The van der Waals surface area contributed by atoms with Crippen molar-refractivity contribution in [3.8, 4) is 11.3 Å². The molecule has 1 aliphatic carbocycles. The van der Waals surface area contributed by atoms with Gasteiger partial charge in [-0.15, -0.1) is 0 Å². The van der Waals surface area contributed by atoms with Gasteiger partial charge in [0.25, 0.3) is 11.2 Å². The first-order valence-electron chi connectivity index (χ1n) is 8.68. The first-order valence-corrected chi connectivity index (χ1v) is 8.68. The fraction of sp³-hybridized carbons (Fsp3) is 0.350. The molecule has 2 aromatic rings. The number of pyridine rings is 1. The smallest absolute Gasteiger partial charge is 0.281 e. The molecule has 0 amide bonds. The third-order valence-electron chi connectivity index (χ3n) is 4.74. The molecule has 1 heterocycles. The van der Waals surface area contributed by atoms with Crippen LogP contribution in [0, 0.1) is 12.5 Å². The molecule has 0 atom stereocenters. The summed E-state index contributed by atoms with van der Waals surface area (Å²) in [6, 6.07) is 9.17. The lowest BCUT2D eigenvalue weighted by Crippen LogP contribution is -2.24. The normalized spacial score (nSPS) is 17.4. The van der Waals surface area contributed by atoms with Crippen LogP contribution in [-0.2, 0) is 6.18 Å². The number of rotatable bonds is 2. The molecule has 1 saturated carbocycles. The van der Waals surface area contributed by atoms with Crippen LogP contribution in [0.15, 0.2) is 46.3 Å². The van der Waals surface area contributed by atoms with Gasteiger partial charge in [0, 0.05) is 11.3 Å². The fourth-order valence-electron chi connectivity index (χ4n) is 3.17. The Bertz CT molecular complexity index is 959. The minimum Gasteiger partial charge on any atom is -0.281 e. The number of hydrogen-bond donors (Lipinski definition) is 0. The summed E-state index contributed by atoms with van der Waals surface area (Å²) in [7, 11) is 0. The molecule has 0 spiro atoms. The Morgan fingerprint density at radius 1 is 1.19 bits per heavy atom. The Hall–Kier alpha value is -2.88. The highest BCUT2D eigenvalue weighted by Gasteiger charge is 2.36. The van der Waals surface area contributed by atoms with Crippen molar-refractivity contribution in [3.05, 3.63) is 63.7 Å². The summed E-state index contributed by atoms with van der Waals surface area (Å²) in [4.78, 5) is 15.6. The maximum Gasteiger partial charge on any atom is 0.407 e. The minimum absolute atomic E-state index is 0.0337. The lowest BCUT2D eigenvalue weighted by molar-refractivity contribution is -0.136. The van der Waals surface area contributed by atoms with Crippen LogP contribution in [0.25, 0.3) is 16.1 Å². The third-order valence-corrected chi connectivity index (χ3v) is 4.74. The lowest BCUT2D eigenvalue weighted by Gasteiger charge is -2.20. The Kier molecular flexibility index (Phi) is 5.17. The zero-order valence-corrected chi connectivity index (χ0v) is 14.8. The summed E-state index contributed by atoms with van der Waals surface area (Å²) in [6.45, 7) is 9.22. The highest BCUT2D eigenvalue weighted by Crippen LogP contribution is 2.37. The van der Waals surface area contributed by atoms with E-state index in [1.807, 2.05) is 0 Å². The Morgan fingerprint density at radius 2 is 1.81 bits per heavy atom. The zero-order valence-electron chi connectivity index (χ0n) is 14.8. The highest BCUT2D eigenvalue weighted by molar-refractivity contribution is 5.85. The molecule has 7 heteroatoms. The zero-order chi connectivity index (χ0) is 19.6. The third kappa shape index (κ3) is 3.95. The quantitative estimate of drug-likeness (QED) is 0.641. The molecule has 0 saturated heterocycles. The van der Waals surface area contributed by atoms with Gasteiger partial charge in [0.15, 0.2) is 0 Å². The summed E-state index contributed by atoms with van der Waals surface area (Å²) in [5, 5.41) is 4.37. The van der Waals surface area contributed by atoms with E-state index in [4.69, 9.17) is 6.57 Å². The van der Waals surface area contributed by atoms with Gasteiger partial charge < -0.3 is 0 Å². The molecule has 1 fully saturated rings. The van der Waals surface area contributed by atoms with E-state index in [1.54, 1.807) is 30.3 Å². The molecule has 0 aliphatic heterocycles. The van der Waals surface area contributed by atoms with E-state index in [0.29, 0.717) is 24.3 Å². The molecule has 4 nitrogen and oxygen atoms in total. The number of benzene rings is 1. The topological polar surface area (TPSA) is 38.7 Å². The van der Waals surface area contributed by atoms with Gasteiger partial charge in [0.1, 0.15) is 0 Å². The van der Waals surface area contributed by atoms with Crippen molar-refractivity contribution < 1.29 is 13.2 Å². The van der Waals surface area contributed by atoms with E-state index in [9.17, 15) is 18.0 Å². The number of halogens is 3. The van der Waals surface area contributed by atoms with E-state index in [-0.39, 0.29) is 5.69 Å². The van der Waals surface area contributed by atoms with Gasteiger partial charge in [0.2, 0.25) is 0 Å². The molecular formula is C20H18F3N3O. The molecule has 140 valence electrons.